The summed E-state index contributed by atoms with van der Waals surface area (Å²) in [7, 11) is 0. The largest absolute Gasteiger partial charge is 0.472 e. The molecule has 4 fully saturated rings. The summed E-state index contributed by atoms with van der Waals surface area (Å²) in [5.74, 6) is -0.517. The molecule has 2 saturated heterocycles. The number of ether oxygens (including phenoxy) is 3. The van der Waals surface area contributed by atoms with Crippen molar-refractivity contribution in [2.24, 2.45) is 38.7 Å². The van der Waals surface area contributed by atoms with Crippen LogP contribution >= 0.6 is 0 Å². The van der Waals surface area contributed by atoms with Crippen LogP contribution in [0, 0.1) is 33.5 Å². The molecule has 5 aliphatic rings. The number of esters is 2. The average Bonchev–Trinajstić information content (AvgIpc) is 3.53. The van der Waals surface area contributed by atoms with Crippen LogP contribution in [0.3, 0.4) is 0 Å². The van der Waals surface area contributed by atoms with E-state index in [0.717, 1.165) is 29.7 Å². The highest BCUT2D eigenvalue weighted by molar-refractivity contribution is 6.00. The summed E-state index contributed by atoms with van der Waals surface area (Å²) >= 11 is 0. The highest BCUT2D eigenvalue weighted by Crippen LogP contribution is 2.79. The van der Waals surface area contributed by atoms with Gasteiger partial charge in [-0.25, -0.2) is 4.79 Å². The van der Waals surface area contributed by atoms with E-state index in [9.17, 15) is 9.59 Å². The van der Waals surface area contributed by atoms with Crippen LogP contribution in [0.4, 0.5) is 0 Å². The summed E-state index contributed by atoms with van der Waals surface area (Å²) < 4.78 is 24.4. The quantitative estimate of drug-likeness (QED) is 0.222. The lowest BCUT2D eigenvalue weighted by Gasteiger charge is -2.68. The zero-order chi connectivity index (χ0) is 30.4. The van der Waals surface area contributed by atoms with Crippen LogP contribution in [0.25, 0.3) is 0 Å². The van der Waals surface area contributed by atoms with Gasteiger partial charge in [-0.3, -0.25) is 4.79 Å². The second-order valence-corrected chi connectivity index (χ2v) is 14.4. The molecule has 1 aromatic heterocycles. The monoisotopic (exact) mass is 587 g/mol. The van der Waals surface area contributed by atoms with Crippen LogP contribution in [-0.4, -0.2) is 35.5 Å². The maximum absolute atomic E-state index is 13.5. The van der Waals surface area contributed by atoms with Crippen molar-refractivity contribution in [2.45, 2.75) is 91.3 Å². The number of epoxide rings is 1. The lowest BCUT2D eigenvalue weighted by atomic mass is 9.35. The molecule has 0 bridgehead atoms. The fourth-order valence-corrected chi connectivity index (χ4v) is 10.1. The summed E-state index contributed by atoms with van der Waals surface area (Å²) in [6.45, 7) is 13.0. The second kappa shape index (κ2) is 9.31. The molecule has 2 unspecified atom stereocenters. The number of hydrogen-bond acceptors (Lipinski definition) is 8. The number of fused-ring (bicyclic) bond motifs is 3. The summed E-state index contributed by atoms with van der Waals surface area (Å²) in [5.41, 5.74) is 0.0808. The Morgan fingerprint density at radius 1 is 1.05 bits per heavy atom. The topological polar surface area (TPSA) is 99.9 Å². The van der Waals surface area contributed by atoms with Gasteiger partial charge < -0.3 is 23.5 Å². The molecule has 2 saturated carbocycles. The Kier molecular flexibility index (Phi) is 6.14. The first kappa shape index (κ1) is 28.4. The van der Waals surface area contributed by atoms with Gasteiger partial charge in [-0.15, -0.1) is 0 Å². The van der Waals surface area contributed by atoms with Crippen molar-refractivity contribution in [1.82, 2.24) is 0 Å². The third-order valence-corrected chi connectivity index (χ3v) is 12.1. The number of nitrogens with zero attached hydrogens (tertiary/aromatic N) is 1. The lowest BCUT2D eigenvalue weighted by molar-refractivity contribution is -0.249. The standard InChI is InChI=1S/C35H41NO7/c1-21(37)41-27-18-25-31(2,3)26(36-40-19-22-10-8-7-9-11-22)13-15-32(25,4)24-12-16-33(5)28(23-14-17-39-20-23)42-30(38)29-35(33,43-29)34(24,27)6/h7-11,13-15,17,20,24-25,27-29H,12,16,18-19H2,1-6H3/b36-26+/t24?,25?,27-,28+,29-,32-,33+,34+,35-/m1/s1. The van der Waals surface area contributed by atoms with Crippen molar-refractivity contribution >= 4 is 17.7 Å². The van der Waals surface area contributed by atoms with Gasteiger partial charge in [-0.2, -0.15) is 0 Å². The predicted molar refractivity (Wildman–Crippen MR) is 157 cm³/mol. The Morgan fingerprint density at radius 3 is 2.51 bits per heavy atom. The minimum Gasteiger partial charge on any atom is -0.472 e. The smallest absolute Gasteiger partial charge is 0.339 e. The van der Waals surface area contributed by atoms with Crippen LogP contribution in [0.1, 0.15) is 78.0 Å². The van der Waals surface area contributed by atoms with Gasteiger partial charge in [0.05, 0.1) is 18.2 Å². The first-order chi connectivity index (χ1) is 20.4. The Hall–Kier alpha value is -3.39. The van der Waals surface area contributed by atoms with Crippen molar-refractivity contribution in [3.05, 3.63) is 72.2 Å². The molecule has 0 amide bonds. The fourth-order valence-electron chi connectivity index (χ4n) is 10.1. The van der Waals surface area contributed by atoms with Crippen LogP contribution in [-0.2, 0) is 35.2 Å². The lowest BCUT2D eigenvalue weighted by Crippen LogP contribution is -2.72. The summed E-state index contributed by atoms with van der Waals surface area (Å²) in [6.07, 6.45) is 8.26. The molecule has 1 aromatic carbocycles. The van der Waals surface area contributed by atoms with Gasteiger partial charge in [0.15, 0.2) is 6.10 Å². The third kappa shape index (κ3) is 3.68. The number of oxime groups is 1. The van der Waals surface area contributed by atoms with Crippen LogP contribution in [0.15, 0.2) is 70.6 Å². The van der Waals surface area contributed by atoms with Crippen molar-refractivity contribution in [3.8, 4) is 0 Å². The van der Waals surface area contributed by atoms with Gasteiger partial charge in [-0.05, 0) is 54.2 Å². The Bertz CT molecular complexity index is 1500. The molecule has 9 atom stereocenters. The van der Waals surface area contributed by atoms with Gasteiger partial charge in [0.1, 0.15) is 24.4 Å². The maximum Gasteiger partial charge on any atom is 0.339 e. The van der Waals surface area contributed by atoms with E-state index in [1.54, 1.807) is 12.5 Å². The zero-order valence-corrected chi connectivity index (χ0v) is 25.8. The van der Waals surface area contributed by atoms with Crippen molar-refractivity contribution < 1.29 is 33.1 Å². The highest BCUT2D eigenvalue weighted by atomic mass is 16.7. The van der Waals surface area contributed by atoms with E-state index in [2.05, 4.69) is 51.9 Å². The minimum atomic E-state index is -0.848. The molecule has 3 aliphatic carbocycles. The summed E-state index contributed by atoms with van der Waals surface area (Å²) in [5, 5.41) is 4.63. The molecule has 0 N–H and O–H groups in total. The molecule has 43 heavy (non-hydrogen) atoms. The van der Waals surface area contributed by atoms with Gasteiger partial charge in [0, 0.05) is 28.7 Å². The molecule has 228 valence electrons. The number of furan rings is 1. The molecular formula is C35H41NO7. The van der Waals surface area contributed by atoms with Crippen molar-refractivity contribution in [2.75, 3.05) is 0 Å². The Morgan fingerprint density at radius 2 is 1.81 bits per heavy atom. The van der Waals surface area contributed by atoms with E-state index in [-0.39, 0.29) is 34.6 Å². The first-order valence-electron chi connectivity index (χ1n) is 15.4. The number of benzene rings is 1. The van der Waals surface area contributed by atoms with E-state index in [1.165, 1.54) is 6.92 Å². The number of cyclic esters (lactones) is 1. The Labute approximate surface area is 252 Å². The molecule has 8 heteroatoms. The van der Waals surface area contributed by atoms with E-state index >= 15 is 0 Å². The van der Waals surface area contributed by atoms with Gasteiger partial charge >= 0.3 is 11.9 Å². The zero-order valence-electron chi connectivity index (χ0n) is 25.8. The predicted octanol–water partition coefficient (Wildman–Crippen LogP) is 6.56. The van der Waals surface area contributed by atoms with Crippen molar-refractivity contribution in [3.63, 3.8) is 0 Å². The average molecular weight is 588 g/mol. The summed E-state index contributed by atoms with van der Waals surface area (Å²) in [4.78, 5) is 32.0. The van der Waals surface area contributed by atoms with E-state index < -0.39 is 34.7 Å². The number of rotatable bonds is 5. The maximum atomic E-state index is 13.5. The molecule has 2 aromatic rings. The highest BCUT2D eigenvalue weighted by Gasteiger charge is 2.88. The SMILES string of the molecule is CC(=O)O[C@@H]1CC2C(C)(C)/C(=N/OCc3ccccc3)C=C[C@]2(C)C2CC[C@@]3(C)[C@H](c4ccoc4)OC(=O)[C@H]4O[C@]43[C@@]21C. The number of carbonyl (C=O) groups excluding carboxylic acids is 2. The third-order valence-electron chi connectivity index (χ3n) is 12.1. The van der Waals surface area contributed by atoms with Crippen LogP contribution in [0.2, 0.25) is 0 Å². The number of hydrogen-bond donors (Lipinski definition) is 0. The van der Waals surface area contributed by atoms with Gasteiger partial charge in [-0.1, -0.05) is 76.2 Å². The normalized spacial score (nSPS) is 43.0. The minimum absolute atomic E-state index is 0.0689. The second-order valence-electron chi connectivity index (χ2n) is 14.4. The molecule has 0 radical (unpaired) electrons. The molecular weight excluding hydrogens is 546 g/mol. The molecule has 8 nitrogen and oxygen atoms in total. The van der Waals surface area contributed by atoms with Crippen molar-refractivity contribution in [1.29, 1.82) is 0 Å². The van der Waals surface area contributed by atoms with Gasteiger partial charge in [0.2, 0.25) is 0 Å². The van der Waals surface area contributed by atoms with E-state index in [4.69, 9.17) is 23.5 Å². The Balaban J connectivity index is 1.30. The number of allylic oxidation sites excluding steroid dienone is 2. The first-order valence-corrected chi connectivity index (χ1v) is 15.4. The molecule has 1 spiro atoms. The summed E-state index contributed by atoms with van der Waals surface area (Å²) in [6, 6.07) is 11.9. The van der Waals surface area contributed by atoms with E-state index in [0.29, 0.717) is 13.0 Å². The van der Waals surface area contributed by atoms with E-state index in [1.807, 2.05) is 36.4 Å². The molecule has 7 rings (SSSR count). The number of carbonyl (C=O) groups is 2. The van der Waals surface area contributed by atoms with Crippen LogP contribution in [0.5, 0.6) is 0 Å². The molecule has 2 aliphatic heterocycles. The fraction of sp³-hybridized carbons (Fsp3) is 0.571. The van der Waals surface area contributed by atoms with Gasteiger partial charge in [0.25, 0.3) is 0 Å². The molecule has 3 heterocycles. The van der Waals surface area contributed by atoms with Crippen LogP contribution < -0.4 is 0 Å².